The lowest BCUT2D eigenvalue weighted by Crippen LogP contribution is -2.32. The number of benzene rings is 2. The van der Waals surface area contributed by atoms with E-state index in [4.69, 9.17) is 4.74 Å². The van der Waals surface area contributed by atoms with E-state index in [1.165, 1.54) is 0 Å². The van der Waals surface area contributed by atoms with Crippen molar-refractivity contribution in [2.24, 2.45) is 5.92 Å². The van der Waals surface area contributed by atoms with E-state index in [9.17, 15) is 9.59 Å². The molecule has 0 radical (unpaired) electrons. The van der Waals surface area contributed by atoms with Gasteiger partial charge >= 0.3 is 0 Å². The lowest BCUT2D eigenvalue weighted by Gasteiger charge is -2.17. The molecule has 130 valence electrons. The highest BCUT2D eigenvalue weighted by atomic mass is 16.5. The Morgan fingerprint density at radius 2 is 1.84 bits per heavy atom. The first-order valence-electron chi connectivity index (χ1n) is 8.34. The normalized spacial score (nSPS) is 16.8. The molecule has 1 aliphatic rings. The SMILES string of the molecule is COc1ccc(CNC(=O)[C@H]2CC(=O)N(c3ccc(C)cc3)C2)cc1. The molecule has 5 heteroatoms. The molecule has 1 N–H and O–H groups in total. The third kappa shape index (κ3) is 3.99. The molecule has 2 aromatic carbocycles. The van der Waals surface area contributed by atoms with Crippen molar-refractivity contribution in [3.8, 4) is 5.75 Å². The molecular weight excluding hydrogens is 316 g/mol. The number of aryl methyl sites for hydroxylation is 1. The zero-order chi connectivity index (χ0) is 17.8. The van der Waals surface area contributed by atoms with Gasteiger partial charge in [0, 0.05) is 25.2 Å². The van der Waals surface area contributed by atoms with Crippen LogP contribution in [0.1, 0.15) is 17.5 Å². The largest absolute Gasteiger partial charge is 0.497 e. The van der Waals surface area contributed by atoms with Crippen LogP contribution in [0.25, 0.3) is 0 Å². The van der Waals surface area contributed by atoms with Crippen LogP contribution in [0, 0.1) is 12.8 Å². The lowest BCUT2D eigenvalue weighted by atomic mass is 10.1. The van der Waals surface area contributed by atoms with Crippen LogP contribution in [0.5, 0.6) is 5.75 Å². The predicted octanol–water partition coefficient (Wildman–Crippen LogP) is 2.67. The fraction of sp³-hybridized carbons (Fsp3) is 0.300. The zero-order valence-electron chi connectivity index (χ0n) is 14.5. The second kappa shape index (κ2) is 7.38. The van der Waals surface area contributed by atoms with Crippen LogP contribution in [0.2, 0.25) is 0 Å². The Hall–Kier alpha value is -2.82. The smallest absolute Gasteiger partial charge is 0.227 e. The minimum absolute atomic E-state index is 0.00606. The number of anilines is 1. The van der Waals surface area contributed by atoms with E-state index in [-0.39, 0.29) is 24.2 Å². The molecule has 2 amide bonds. The summed E-state index contributed by atoms with van der Waals surface area (Å²) >= 11 is 0. The van der Waals surface area contributed by atoms with E-state index >= 15 is 0 Å². The first-order chi connectivity index (χ1) is 12.1. The Morgan fingerprint density at radius 3 is 2.48 bits per heavy atom. The minimum Gasteiger partial charge on any atom is -0.497 e. The molecule has 3 rings (SSSR count). The zero-order valence-corrected chi connectivity index (χ0v) is 14.5. The molecule has 0 spiro atoms. The fourth-order valence-corrected chi connectivity index (χ4v) is 2.93. The van der Waals surface area contributed by atoms with Crippen molar-refractivity contribution in [2.45, 2.75) is 19.9 Å². The number of hydrogen-bond donors (Lipinski definition) is 1. The second-order valence-corrected chi connectivity index (χ2v) is 6.31. The van der Waals surface area contributed by atoms with Gasteiger partial charge in [-0.05, 0) is 36.8 Å². The molecular formula is C20H22N2O3. The quantitative estimate of drug-likeness (QED) is 0.912. The van der Waals surface area contributed by atoms with Gasteiger partial charge in [-0.2, -0.15) is 0 Å². The van der Waals surface area contributed by atoms with E-state index in [2.05, 4.69) is 5.32 Å². The van der Waals surface area contributed by atoms with Gasteiger partial charge in [-0.3, -0.25) is 9.59 Å². The van der Waals surface area contributed by atoms with Gasteiger partial charge in [-0.25, -0.2) is 0 Å². The molecule has 1 saturated heterocycles. The summed E-state index contributed by atoms with van der Waals surface area (Å²) in [7, 11) is 1.62. The number of ether oxygens (including phenoxy) is 1. The number of amides is 2. The molecule has 25 heavy (non-hydrogen) atoms. The van der Waals surface area contributed by atoms with E-state index in [0.29, 0.717) is 13.1 Å². The van der Waals surface area contributed by atoms with Crippen molar-refractivity contribution in [1.82, 2.24) is 5.32 Å². The molecule has 1 heterocycles. The Balaban J connectivity index is 1.57. The maximum absolute atomic E-state index is 12.4. The number of nitrogens with zero attached hydrogens (tertiary/aromatic N) is 1. The Bertz CT molecular complexity index is 754. The topological polar surface area (TPSA) is 58.6 Å². The van der Waals surface area contributed by atoms with E-state index in [1.54, 1.807) is 12.0 Å². The van der Waals surface area contributed by atoms with Crippen LogP contribution in [0.15, 0.2) is 48.5 Å². The second-order valence-electron chi connectivity index (χ2n) is 6.31. The van der Waals surface area contributed by atoms with Gasteiger partial charge in [0.2, 0.25) is 11.8 Å². The van der Waals surface area contributed by atoms with Crippen molar-refractivity contribution < 1.29 is 14.3 Å². The average Bonchev–Trinajstić information content (AvgIpc) is 3.02. The molecule has 0 unspecified atom stereocenters. The summed E-state index contributed by atoms with van der Waals surface area (Å²) in [5, 5.41) is 2.92. The van der Waals surface area contributed by atoms with Crippen molar-refractivity contribution in [1.29, 1.82) is 0 Å². The maximum atomic E-state index is 12.4. The monoisotopic (exact) mass is 338 g/mol. The Labute approximate surface area is 147 Å². The van der Waals surface area contributed by atoms with Gasteiger partial charge in [0.15, 0.2) is 0 Å². The summed E-state index contributed by atoms with van der Waals surface area (Å²) in [4.78, 5) is 26.3. The minimum atomic E-state index is -0.313. The van der Waals surface area contributed by atoms with Gasteiger partial charge in [0.05, 0.1) is 13.0 Å². The van der Waals surface area contributed by atoms with Crippen molar-refractivity contribution in [3.05, 3.63) is 59.7 Å². The van der Waals surface area contributed by atoms with Gasteiger partial charge in [-0.1, -0.05) is 29.8 Å². The fourth-order valence-electron chi connectivity index (χ4n) is 2.93. The Kier molecular flexibility index (Phi) is 5.03. The van der Waals surface area contributed by atoms with Crippen LogP contribution >= 0.6 is 0 Å². The number of rotatable bonds is 5. The van der Waals surface area contributed by atoms with Crippen LogP contribution in [-0.2, 0) is 16.1 Å². The predicted molar refractivity (Wildman–Crippen MR) is 96.5 cm³/mol. The van der Waals surface area contributed by atoms with Gasteiger partial charge in [0.25, 0.3) is 0 Å². The average molecular weight is 338 g/mol. The third-order valence-electron chi connectivity index (χ3n) is 4.47. The summed E-state index contributed by atoms with van der Waals surface area (Å²) in [6.07, 6.45) is 0.252. The van der Waals surface area contributed by atoms with Gasteiger partial charge in [0.1, 0.15) is 5.75 Å². The number of carbonyl (C=O) groups excluding carboxylic acids is 2. The summed E-state index contributed by atoms with van der Waals surface area (Å²) in [5.41, 5.74) is 2.99. The van der Waals surface area contributed by atoms with Crippen LogP contribution < -0.4 is 15.0 Å². The highest BCUT2D eigenvalue weighted by molar-refractivity contribution is 6.00. The molecule has 0 aromatic heterocycles. The van der Waals surface area contributed by atoms with Gasteiger partial charge < -0.3 is 15.0 Å². The van der Waals surface area contributed by atoms with Crippen molar-refractivity contribution in [3.63, 3.8) is 0 Å². The molecule has 5 nitrogen and oxygen atoms in total. The van der Waals surface area contributed by atoms with Crippen LogP contribution in [0.3, 0.4) is 0 Å². The van der Waals surface area contributed by atoms with E-state index < -0.39 is 0 Å². The molecule has 2 aromatic rings. The number of carbonyl (C=O) groups is 2. The first-order valence-corrected chi connectivity index (χ1v) is 8.34. The molecule has 1 aliphatic heterocycles. The molecule has 0 bridgehead atoms. The summed E-state index contributed by atoms with van der Waals surface area (Å²) in [6.45, 7) is 2.87. The van der Waals surface area contributed by atoms with Crippen LogP contribution in [0.4, 0.5) is 5.69 Å². The van der Waals surface area contributed by atoms with E-state index in [0.717, 1.165) is 22.6 Å². The first kappa shape index (κ1) is 17.0. The van der Waals surface area contributed by atoms with Crippen LogP contribution in [-0.4, -0.2) is 25.5 Å². The highest BCUT2D eigenvalue weighted by Crippen LogP contribution is 2.25. The molecule has 1 fully saturated rings. The number of methoxy groups -OCH3 is 1. The van der Waals surface area contributed by atoms with E-state index in [1.807, 2.05) is 55.5 Å². The highest BCUT2D eigenvalue weighted by Gasteiger charge is 2.34. The number of hydrogen-bond acceptors (Lipinski definition) is 3. The Morgan fingerprint density at radius 1 is 1.16 bits per heavy atom. The maximum Gasteiger partial charge on any atom is 0.227 e. The third-order valence-corrected chi connectivity index (χ3v) is 4.47. The van der Waals surface area contributed by atoms with Crippen molar-refractivity contribution in [2.75, 3.05) is 18.6 Å². The molecule has 0 saturated carbocycles. The van der Waals surface area contributed by atoms with Gasteiger partial charge in [-0.15, -0.1) is 0 Å². The van der Waals surface area contributed by atoms with Crippen molar-refractivity contribution >= 4 is 17.5 Å². The molecule has 0 aliphatic carbocycles. The lowest BCUT2D eigenvalue weighted by molar-refractivity contribution is -0.126. The summed E-state index contributed by atoms with van der Waals surface area (Å²) < 4.78 is 5.12. The standard InChI is InChI=1S/C20H22N2O3/c1-14-3-7-17(8-4-14)22-13-16(11-19(22)23)20(24)21-12-15-5-9-18(25-2)10-6-15/h3-10,16H,11-13H2,1-2H3,(H,21,24)/t16-/m0/s1. The molecule has 1 atom stereocenters. The number of nitrogens with one attached hydrogen (secondary N) is 1. The summed E-state index contributed by atoms with van der Waals surface area (Å²) in [5.74, 6) is 0.379. The summed E-state index contributed by atoms with van der Waals surface area (Å²) in [6, 6.07) is 15.3.